The maximum Gasteiger partial charge on any atom is 0.271 e. The molecule has 1 heterocycles. The van der Waals surface area contributed by atoms with E-state index in [4.69, 9.17) is 4.84 Å². The van der Waals surface area contributed by atoms with E-state index in [2.05, 4.69) is 26.2 Å². The SMILES string of the molecule is CO/N=C(\C)C1(Br)C(=O)N(C)N=C1c1ccc(F)cc1. The molecule has 1 aliphatic heterocycles. The summed E-state index contributed by atoms with van der Waals surface area (Å²) >= 11 is 3.41. The van der Waals surface area contributed by atoms with Crippen LogP contribution in [-0.4, -0.2) is 40.8 Å². The van der Waals surface area contributed by atoms with Gasteiger partial charge in [0, 0.05) is 12.6 Å². The summed E-state index contributed by atoms with van der Waals surface area (Å²) in [4.78, 5) is 17.1. The van der Waals surface area contributed by atoms with Gasteiger partial charge in [0.2, 0.25) is 0 Å². The molecule has 1 unspecified atom stereocenters. The molecule has 0 spiro atoms. The molecule has 0 aliphatic carbocycles. The molecule has 1 atom stereocenters. The topological polar surface area (TPSA) is 54.3 Å². The molecule has 1 amide bonds. The number of nitrogens with zero attached hydrogens (tertiary/aromatic N) is 3. The number of carbonyl (C=O) groups excluding carboxylic acids is 1. The van der Waals surface area contributed by atoms with Crippen LogP contribution in [0.5, 0.6) is 0 Å². The molecule has 1 aliphatic rings. The average molecular weight is 342 g/mol. The Morgan fingerprint density at radius 1 is 1.45 bits per heavy atom. The summed E-state index contributed by atoms with van der Waals surface area (Å²) in [5.74, 6) is -0.635. The number of carbonyl (C=O) groups is 1. The maximum atomic E-state index is 13.0. The quantitative estimate of drug-likeness (QED) is 0.480. The monoisotopic (exact) mass is 341 g/mol. The van der Waals surface area contributed by atoms with Gasteiger partial charge in [0.1, 0.15) is 18.6 Å². The minimum atomic E-state index is -1.20. The maximum absolute atomic E-state index is 13.0. The highest BCUT2D eigenvalue weighted by Crippen LogP contribution is 2.33. The number of alkyl halides is 1. The average Bonchev–Trinajstić information content (AvgIpc) is 2.66. The molecule has 106 valence electrons. The molecule has 1 aromatic carbocycles. The van der Waals surface area contributed by atoms with Crippen molar-refractivity contribution < 1.29 is 14.0 Å². The van der Waals surface area contributed by atoms with E-state index in [0.29, 0.717) is 17.0 Å². The van der Waals surface area contributed by atoms with Crippen LogP contribution in [-0.2, 0) is 9.63 Å². The van der Waals surface area contributed by atoms with E-state index in [0.717, 1.165) is 0 Å². The third-order valence-electron chi connectivity index (χ3n) is 3.01. The zero-order valence-electron chi connectivity index (χ0n) is 11.2. The third kappa shape index (κ3) is 2.22. The van der Waals surface area contributed by atoms with E-state index in [1.54, 1.807) is 26.1 Å². The Morgan fingerprint density at radius 3 is 2.60 bits per heavy atom. The Morgan fingerprint density at radius 2 is 2.05 bits per heavy atom. The minimum Gasteiger partial charge on any atom is -0.399 e. The number of amides is 1. The Bertz CT molecular complexity index is 600. The number of halogens is 2. The van der Waals surface area contributed by atoms with Crippen molar-refractivity contribution in [3.63, 3.8) is 0 Å². The van der Waals surface area contributed by atoms with Crippen LogP contribution in [0.25, 0.3) is 0 Å². The van der Waals surface area contributed by atoms with E-state index >= 15 is 0 Å². The molecular formula is C13H13BrFN3O2. The molecule has 0 saturated carbocycles. The first kappa shape index (κ1) is 14.6. The van der Waals surface area contributed by atoms with E-state index in [9.17, 15) is 9.18 Å². The summed E-state index contributed by atoms with van der Waals surface area (Å²) in [5, 5.41) is 9.27. The molecule has 20 heavy (non-hydrogen) atoms. The van der Waals surface area contributed by atoms with Crippen LogP contribution >= 0.6 is 15.9 Å². The third-order valence-corrected chi connectivity index (χ3v) is 4.30. The number of rotatable bonds is 3. The Labute approximate surface area is 124 Å². The van der Waals surface area contributed by atoms with E-state index in [-0.39, 0.29) is 11.7 Å². The van der Waals surface area contributed by atoms with Gasteiger partial charge in [0.25, 0.3) is 5.91 Å². The van der Waals surface area contributed by atoms with Gasteiger partial charge < -0.3 is 4.84 Å². The summed E-state index contributed by atoms with van der Waals surface area (Å²) in [6.07, 6.45) is 0. The van der Waals surface area contributed by atoms with Crippen molar-refractivity contribution in [1.29, 1.82) is 0 Å². The van der Waals surface area contributed by atoms with E-state index in [1.807, 2.05) is 0 Å². The van der Waals surface area contributed by atoms with Crippen molar-refractivity contribution in [2.75, 3.05) is 14.2 Å². The van der Waals surface area contributed by atoms with Crippen LogP contribution in [0.4, 0.5) is 4.39 Å². The standard InChI is InChI=1S/C13H13BrFN3O2/c1-8(17-20-3)13(14)11(16-18(2)12(13)19)9-4-6-10(15)7-5-9/h4-7H,1-3H3/b17-8+. The highest BCUT2D eigenvalue weighted by Gasteiger charge is 2.51. The molecule has 1 aromatic rings. The second-order valence-corrected chi connectivity index (χ2v) is 5.49. The fourth-order valence-corrected chi connectivity index (χ4v) is 2.62. The molecule has 0 aromatic heterocycles. The van der Waals surface area contributed by atoms with Crippen molar-refractivity contribution in [2.24, 2.45) is 10.3 Å². The van der Waals surface area contributed by atoms with Crippen LogP contribution in [0, 0.1) is 5.82 Å². The first-order valence-electron chi connectivity index (χ1n) is 5.81. The molecular weight excluding hydrogens is 329 g/mol. The fourth-order valence-electron chi connectivity index (χ4n) is 1.98. The van der Waals surface area contributed by atoms with Crippen LogP contribution in [0.2, 0.25) is 0 Å². The van der Waals surface area contributed by atoms with Gasteiger partial charge in [-0.3, -0.25) is 4.79 Å². The fraction of sp³-hybridized carbons (Fsp3) is 0.308. The molecule has 5 nitrogen and oxygen atoms in total. The molecule has 2 rings (SSSR count). The second kappa shape index (κ2) is 5.32. The summed E-state index contributed by atoms with van der Waals surface area (Å²) in [6, 6.07) is 5.77. The normalized spacial score (nSPS) is 23.1. The molecule has 7 heteroatoms. The van der Waals surface area contributed by atoms with Crippen molar-refractivity contribution >= 4 is 33.3 Å². The largest absolute Gasteiger partial charge is 0.399 e. The molecule has 0 bridgehead atoms. The van der Waals surface area contributed by atoms with Gasteiger partial charge in [-0.15, -0.1) is 0 Å². The zero-order valence-corrected chi connectivity index (χ0v) is 12.8. The Kier molecular flexibility index (Phi) is 3.89. The van der Waals surface area contributed by atoms with Gasteiger partial charge in [-0.05, 0) is 19.1 Å². The summed E-state index contributed by atoms with van der Waals surface area (Å²) in [7, 11) is 2.95. The number of hydrogen-bond acceptors (Lipinski definition) is 4. The first-order valence-corrected chi connectivity index (χ1v) is 6.61. The van der Waals surface area contributed by atoms with Crippen molar-refractivity contribution in [1.82, 2.24) is 5.01 Å². The highest BCUT2D eigenvalue weighted by atomic mass is 79.9. The highest BCUT2D eigenvalue weighted by molar-refractivity contribution is 9.11. The van der Waals surface area contributed by atoms with Crippen molar-refractivity contribution in [3.8, 4) is 0 Å². The lowest BCUT2D eigenvalue weighted by atomic mass is 9.93. The summed E-state index contributed by atoms with van der Waals surface area (Å²) in [5.41, 5.74) is 1.49. The molecule has 0 N–H and O–H groups in total. The number of hydrazone groups is 1. The van der Waals surface area contributed by atoms with Gasteiger partial charge in [0.05, 0.1) is 5.71 Å². The lowest BCUT2D eigenvalue weighted by Crippen LogP contribution is -2.46. The Balaban J connectivity index is 2.54. The predicted octanol–water partition coefficient (Wildman–Crippen LogP) is 2.16. The number of oxime groups is 1. The van der Waals surface area contributed by atoms with E-state index in [1.165, 1.54) is 24.3 Å². The summed E-state index contributed by atoms with van der Waals surface area (Å²) in [6.45, 7) is 1.66. The summed E-state index contributed by atoms with van der Waals surface area (Å²) < 4.78 is 11.8. The molecule has 0 radical (unpaired) electrons. The van der Waals surface area contributed by atoms with Crippen LogP contribution in [0.15, 0.2) is 34.5 Å². The first-order chi connectivity index (χ1) is 9.41. The molecule has 0 fully saturated rings. The van der Waals surface area contributed by atoms with Crippen LogP contribution in [0.1, 0.15) is 12.5 Å². The van der Waals surface area contributed by atoms with Crippen LogP contribution < -0.4 is 0 Å². The molecule has 0 saturated heterocycles. The minimum absolute atomic E-state index is 0.282. The predicted molar refractivity (Wildman–Crippen MR) is 77.5 cm³/mol. The zero-order chi connectivity index (χ0) is 14.9. The van der Waals surface area contributed by atoms with Gasteiger partial charge in [-0.1, -0.05) is 33.2 Å². The van der Waals surface area contributed by atoms with Crippen molar-refractivity contribution in [2.45, 2.75) is 11.2 Å². The van der Waals surface area contributed by atoms with Crippen molar-refractivity contribution in [3.05, 3.63) is 35.6 Å². The Hall–Kier alpha value is -1.76. The van der Waals surface area contributed by atoms with Gasteiger partial charge in [-0.2, -0.15) is 5.10 Å². The second-order valence-electron chi connectivity index (χ2n) is 4.30. The van der Waals surface area contributed by atoms with E-state index < -0.39 is 4.32 Å². The lowest BCUT2D eigenvalue weighted by molar-refractivity contribution is -0.127. The van der Waals surface area contributed by atoms with Gasteiger partial charge >= 0.3 is 0 Å². The van der Waals surface area contributed by atoms with Gasteiger partial charge in [0.15, 0.2) is 4.32 Å². The number of hydrogen-bond donors (Lipinski definition) is 0. The van der Waals surface area contributed by atoms with Crippen LogP contribution in [0.3, 0.4) is 0 Å². The number of benzene rings is 1. The van der Waals surface area contributed by atoms with Gasteiger partial charge in [-0.25, -0.2) is 9.40 Å². The lowest BCUT2D eigenvalue weighted by Gasteiger charge is -2.21. The smallest absolute Gasteiger partial charge is 0.271 e.